The lowest BCUT2D eigenvalue weighted by Crippen LogP contribution is -2.17. The van der Waals surface area contributed by atoms with Crippen LogP contribution in [0.25, 0.3) is 0 Å². The average Bonchev–Trinajstić information content (AvgIpc) is 2.53. The summed E-state index contributed by atoms with van der Waals surface area (Å²) in [7, 11) is 0. The molecule has 6 heteroatoms. The van der Waals surface area contributed by atoms with Crippen molar-refractivity contribution in [1.29, 1.82) is 0 Å². The molecule has 0 unspecified atom stereocenters. The highest BCUT2D eigenvalue weighted by atomic mass is 35.5. The minimum absolute atomic E-state index is 0.0864. The Hall–Kier alpha value is -1.91. The van der Waals surface area contributed by atoms with Gasteiger partial charge in [0.05, 0.1) is 22.3 Å². The Morgan fingerprint density at radius 3 is 2.45 bits per heavy atom. The summed E-state index contributed by atoms with van der Waals surface area (Å²) in [6.07, 6.45) is 0. The Kier molecular flexibility index (Phi) is 4.41. The topological polar surface area (TPSA) is 47.6 Å². The van der Waals surface area contributed by atoms with Gasteiger partial charge in [0.2, 0.25) is 0 Å². The Bertz CT molecular complexity index is 698. The fourth-order valence-corrected chi connectivity index (χ4v) is 2.69. The smallest absolute Gasteiger partial charge is 0.181 e. The van der Waals surface area contributed by atoms with Crippen molar-refractivity contribution in [3.63, 3.8) is 0 Å². The maximum atomic E-state index is 12.3. The van der Waals surface area contributed by atoms with Crippen molar-refractivity contribution in [2.24, 2.45) is 0 Å². The first-order valence-corrected chi connectivity index (χ1v) is 7.51. The van der Waals surface area contributed by atoms with E-state index in [0.717, 1.165) is 0 Å². The molecule has 0 saturated carbocycles. The van der Waals surface area contributed by atoms with Crippen LogP contribution in [0.4, 0.5) is 5.69 Å². The molecule has 22 heavy (non-hydrogen) atoms. The number of hydrogen-bond acceptors (Lipinski definition) is 4. The first kappa shape index (κ1) is 15.0. The lowest BCUT2D eigenvalue weighted by molar-refractivity contribution is 0.100. The third-order valence-electron chi connectivity index (χ3n) is 3.25. The first-order valence-electron chi connectivity index (χ1n) is 6.76. The number of fused-ring (bicyclic) bond motifs is 1. The van der Waals surface area contributed by atoms with Crippen molar-refractivity contribution in [1.82, 2.24) is 0 Å². The van der Waals surface area contributed by atoms with E-state index < -0.39 is 0 Å². The van der Waals surface area contributed by atoms with Crippen LogP contribution in [0, 0.1) is 0 Å². The molecule has 0 aromatic heterocycles. The van der Waals surface area contributed by atoms with Crippen LogP contribution in [0.15, 0.2) is 36.4 Å². The van der Waals surface area contributed by atoms with Crippen molar-refractivity contribution in [2.75, 3.05) is 25.1 Å². The minimum atomic E-state index is -0.0899. The number of halogens is 2. The van der Waals surface area contributed by atoms with Crippen LogP contribution in [-0.4, -0.2) is 25.5 Å². The van der Waals surface area contributed by atoms with Crippen molar-refractivity contribution >= 4 is 34.7 Å². The summed E-state index contributed by atoms with van der Waals surface area (Å²) in [4.78, 5) is 12.3. The minimum Gasteiger partial charge on any atom is -0.486 e. The number of para-hydroxylation sites is 1. The second-order valence-corrected chi connectivity index (χ2v) is 5.55. The van der Waals surface area contributed by atoms with E-state index in [-0.39, 0.29) is 12.3 Å². The summed E-state index contributed by atoms with van der Waals surface area (Å²) in [6, 6.07) is 10.3. The number of ketones is 1. The van der Waals surface area contributed by atoms with Crippen LogP contribution >= 0.6 is 23.2 Å². The van der Waals surface area contributed by atoms with Gasteiger partial charge in [-0.15, -0.1) is 0 Å². The fraction of sp³-hybridized carbons (Fsp3) is 0.188. The Balaban J connectivity index is 1.72. The molecule has 114 valence electrons. The molecule has 0 bridgehead atoms. The Labute approximate surface area is 137 Å². The lowest BCUT2D eigenvalue weighted by atomic mass is 10.1. The molecule has 3 rings (SSSR count). The lowest BCUT2D eigenvalue weighted by Gasteiger charge is -2.18. The van der Waals surface area contributed by atoms with Crippen molar-refractivity contribution in [3.8, 4) is 11.5 Å². The van der Waals surface area contributed by atoms with Gasteiger partial charge in [-0.05, 0) is 30.3 Å². The van der Waals surface area contributed by atoms with Crippen LogP contribution in [0.3, 0.4) is 0 Å². The predicted molar refractivity (Wildman–Crippen MR) is 86.7 cm³/mol. The molecule has 0 saturated heterocycles. The quantitative estimate of drug-likeness (QED) is 0.854. The number of ether oxygens (including phenoxy) is 2. The van der Waals surface area contributed by atoms with Crippen LogP contribution in [-0.2, 0) is 0 Å². The number of carbonyl (C=O) groups excluding carboxylic acids is 1. The van der Waals surface area contributed by atoms with E-state index in [9.17, 15) is 4.79 Å². The number of Topliss-reactive ketones (excluding diaryl/α,β-unsaturated/α-hetero) is 1. The van der Waals surface area contributed by atoms with Gasteiger partial charge in [-0.1, -0.05) is 29.3 Å². The van der Waals surface area contributed by atoms with Gasteiger partial charge in [0.1, 0.15) is 13.2 Å². The normalized spacial score (nSPS) is 12.8. The highest BCUT2D eigenvalue weighted by Crippen LogP contribution is 2.32. The third-order valence-corrected chi connectivity index (χ3v) is 3.88. The molecule has 0 atom stereocenters. The molecule has 0 amide bonds. The monoisotopic (exact) mass is 337 g/mol. The highest BCUT2D eigenvalue weighted by Gasteiger charge is 2.15. The fourth-order valence-electron chi connectivity index (χ4n) is 2.15. The van der Waals surface area contributed by atoms with Gasteiger partial charge in [0.15, 0.2) is 17.3 Å². The summed E-state index contributed by atoms with van der Waals surface area (Å²) in [5.74, 6) is 1.16. The molecular weight excluding hydrogens is 325 g/mol. The van der Waals surface area contributed by atoms with Gasteiger partial charge in [0, 0.05) is 5.56 Å². The molecule has 1 N–H and O–H groups in total. The summed E-state index contributed by atoms with van der Waals surface area (Å²) < 4.78 is 10.9. The molecule has 1 aliphatic heterocycles. The van der Waals surface area contributed by atoms with Crippen LogP contribution in [0.5, 0.6) is 11.5 Å². The van der Waals surface area contributed by atoms with E-state index in [1.165, 1.54) is 0 Å². The SMILES string of the molecule is O=C(CNc1c(Cl)cccc1Cl)c1ccc2c(c1)OCCO2. The Morgan fingerprint density at radius 1 is 1.05 bits per heavy atom. The van der Waals surface area contributed by atoms with Crippen molar-refractivity contribution in [2.45, 2.75) is 0 Å². The van der Waals surface area contributed by atoms with Gasteiger partial charge >= 0.3 is 0 Å². The molecule has 0 fully saturated rings. The predicted octanol–water partition coefficient (Wildman–Crippen LogP) is 4.06. The summed E-state index contributed by atoms with van der Waals surface area (Å²) >= 11 is 12.1. The summed E-state index contributed by atoms with van der Waals surface area (Å²) in [5, 5.41) is 3.92. The van der Waals surface area contributed by atoms with E-state index in [0.29, 0.717) is 46.0 Å². The van der Waals surface area contributed by atoms with E-state index in [4.69, 9.17) is 32.7 Å². The Morgan fingerprint density at radius 2 is 1.73 bits per heavy atom. The van der Waals surface area contributed by atoms with Gasteiger partial charge in [0.25, 0.3) is 0 Å². The molecule has 1 aliphatic rings. The molecule has 1 heterocycles. The standard InChI is InChI=1S/C16H13Cl2NO3/c17-11-2-1-3-12(18)16(11)19-9-13(20)10-4-5-14-15(8-10)22-7-6-21-14/h1-5,8,19H,6-7,9H2. The average molecular weight is 338 g/mol. The van der Waals surface area contributed by atoms with Gasteiger partial charge in [-0.25, -0.2) is 0 Å². The number of benzene rings is 2. The van der Waals surface area contributed by atoms with Crippen LogP contribution in [0.2, 0.25) is 10.0 Å². The molecule has 0 radical (unpaired) electrons. The van der Waals surface area contributed by atoms with Gasteiger partial charge < -0.3 is 14.8 Å². The van der Waals surface area contributed by atoms with Crippen molar-refractivity contribution < 1.29 is 14.3 Å². The zero-order chi connectivity index (χ0) is 15.5. The van der Waals surface area contributed by atoms with Crippen molar-refractivity contribution in [3.05, 3.63) is 52.0 Å². The number of rotatable bonds is 4. The number of hydrogen-bond donors (Lipinski definition) is 1. The molecule has 2 aromatic carbocycles. The maximum absolute atomic E-state index is 12.3. The highest BCUT2D eigenvalue weighted by molar-refractivity contribution is 6.39. The maximum Gasteiger partial charge on any atom is 0.181 e. The van der Waals surface area contributed by atoms with Gasteiger partial charge in [-0.2, -0.15) is 0 Å². The largest absolute Gasteiger partial charge is 0.486 e. The first-order chi connectivity index (χ1) is 10.6. The zero-order valence-corrected chi connectivity index (χ0v) is 13.1. The molecular formula is C16H13Cl2NO3. The third kappa shape index (κ3) is 3.13. The van der Waals surface area contributed by atoms with E-state index >= 15 is 0 Å². The summed E-state index contributed by atoms with van der Waals surface area (Å²) in [5.41, 5.74) is 1.09. The van der Waals surface area contributed by atoms with E-state index in [1.807, 2.05) is 0 Å². The van der Waals surface area contributed by atoms with Gasteiger partial charge in [-0.3, -0.25) is 4.79 Å². The molecule has 4 nitrogen and oxygen atoms in total. The molecule has 2 aromatic rings. The van der Waals surface area contributed by atoms with Crippen LogP contribution < -0.4 is 14.8 Å². The van der Waals surface area contributed by atoms with E-state index in [1.54, 1.807) is 36.4 Å². The number of nitrogens with one attached hydrogen (secondary N) is 1. The molecule has 0 aliphatic carbocycles. The molecule has 0 spiro atoms. The number of anilines is 1. The van der Waals surface area contributed by atoms with Crippen LogP contribution in [0.1, 0.15) is 10.4 Å². The van der Waals surface area contributed by atoms with E-state index in [2.05, 4.69) is 5.32 Å². The number of carbonyl (C=O) groups is 1. The summed E-state index contributed by atoms with van der Waals surface area (Å²) in [6.45, 7) is 1.09. The zero-order valence-electron chi connectivity index (χ0n) is 11.6. The second kappa shape index (κ2) is 6.46. The second-order valence-electron chi connectivity index (χ2n) is 4.73.